The summed E-state index contributed by atoms with van der Waals surface area (Å²) in [5.41, 5.74) is 1.26. The third kappa shape index (κ3) is 6.79. The zero-order valence-electron chi connectivity index (χ0n) is 18.6. The zero-order valence-corrected chi connectivity index (χ0v) is 21.0. The highest BCUT2D eigenvalue weighted by Gasteiger charge is 2.21. The summed E-state index contributed by atoms with van der Waals surface area (Å²) >= 11 is 12.4. The second kappa shape index (κ2) is 11.5. The lowest BCUT2D eigenvalue weighted by atomic mass is 10.1. The Balaban J connectivity index is 1.63. The van der Waals surface area contributed by atoms with Crippen LogP contribution >= 0.6 is 23.2 Å². The second-order valence-electron chi connectivity index (χ2n) is 7.30. The number of sulfonamides is 1. The molecule has 0 bridgehead atoms. The van der Waals surface area contributed by atoms with Gasteiger partial charge < -0.3 is 14.8 Å². The van der Waals surface area contributed by atoms with E-state index in [0.29, 0.717) is 38.4 Å². The maximum absolute atomic E-state index is 12.5. The lowest BCUT2D eigenvalue weighted by molar-refractivity contribution is 0.0947. The summed E-state index contributed by atoms with van der Waals surface area (Å²) in [6, 6.07) is 18.4. The van der Waals surface area contributed by atoms with Crippen LogP contribution < -0.4 is 19.1 Å². The monoisotopic (exact) mass is 522 g/mol. The number of halogens is 2. The summed E-state index contributed by atoms with van der Waals surface area (Å²) in [6.07, 6.45) is 1.10. The van der Waals surface area contributed by atoms with Crippen LogP contribution in [0.15, 0.2) is 66.7 Å². The molecule has 0 aliphatic carbocycles. The fraction of sp³-hybridized carbons (Fsp3) is 0.208. The second-order valence-corrected chi connectivity index (χ2v) is 10.0. The molecule has 0 aliphatic rings. The molecule has 0 heterocycles. The molecule has 0 unspecified atom stereocenters. The first-order valence-electron chi connectivity index (χ1n) is 10.2. The minimum Gasteiger partial charge on any atom is -0.497 e. The number of hydrogen-bond donors (Lipinski definition) is 1. The average molecular weight is 523 g/mol. The molecule has 3 aromatic rings. The highest BCUT2D eigenvalue weighted by Crippen LogP contribution is 2.29. The van der Waals surface area contributed by atoms with Crippen LogP contribution in [0.4, 0.5) is 5.69 Å². The van der Waals surface area contributed by atoms with Crippen molar-refractivity contribution in [1.29, 1.82) is 0 Å². The molecule has 180 valence electrons. The van der Waals surface area contributed by atoms with Crippen LogP contribution in [-0.4, -0.2) is 40.8 Å². The third-order valence-corrected chi connectivity index (χ3v) is 6.73. The molecule has 3 aromatic carbocycles. The van der Waals surface area contributed by atoms with Gasteiger partial charge in [0.1, 0.15) is 18.1 Å². The van der Waals surface area contributed by atoms with Gasteiger partial charge in [0, 0.05) is 27.2 Å². The van der Waals surface area contributed by atoms with Crippen molar-refractivity contribution in [2.75, 3.05) is 30.8 Å². The van der Waals surface area contributed by atoms with E-state index in [1.54, 1.807) is 61.7 Å². The Morgan fingerprint density at radius 1 is 0.971 bits per heavy atom. The fourth-order valence-corrected chi connectivity index (χ4v) is 4.52. The molecule has 1 amide bonds. The van der Waals surface area contributed by atoms with Gasteiger partial charge in [-0.2, -0.15) is 0 Å². The lowest BCUT2D eigenvalue weighted by Gasteiger charge is -2.23. The van der Waals surface area contributed by atoms with Gasteiger partial charge in [0.2, 0.25) is 10.0 Å². The number of rotatable bonds is 10. The number of nitrogens with one attached hydrogen (secondary N) is 1. The lowest BCUT2D eigenvalue weighted by Crippen LogP contribution is -2.30. The first-order valence-corrected chi connectivity index (χ1v) is 12.8. The summed E-state index contributed by atoms with van der Waals surface area (Å²) in [4.78, 5) is 12.5. The number of carbonyl (C=O) groups excluding carboxylic acids is 1. The fourth-order valence-electron chi connectivity index (χ4n) is 3.13. The van der Waals surface area contributed by atoms with Gasteiger partial charge in [0.15, 0.2) is 0 Å². The van der Waals surface area contributed by atoms with Crippen LogP contribution in [-0.2, 0) is 16.6 Å². The van der Waals surface area contributed by atoms with Crippen LogP contribution in [0.25, 0.3) is 0 Å². The molecule has 0 atom stereocenters. The van der Waals surface area contributed by atoms with Gasteiger partial charge in [-0.25, -0.2) is 8.42 Å². The summed E-state index contributed by atoms with van der Waals surface area (Å²) in [6.45, 7) is 0.528. The first kappa shape index (κ1) is 25.7. The Labute approximate surface area is 209 Å². The number of methoxy groups -OCH3 is 1. The van der Waals surface area contributed by atoms with Crippen molar-refractivity contribution < 1.29 is 22.7 Å². The van der Waals surface area contributed by atoms with Crippen molar-refractivity contribution in [2.45, 2.75) is 6.54 Å². The van der Waals surface area contributed by atoms with Crippen molar-refractivity contribution in [2.24, 2.45) is 0 Å². The summed E-state index contributed by atoms with van der Waals surface area (Å²) in [5, 5.41) is 3.51. The molecule has 7 nitrogen and oxygen atoms in total. The smallest absolute Gasteiger partial charge is 0.251 e. The first-order chi connectivity index (χ1) is 16.2. The molecule has 0 aliphatic heterocycles. The van der Waals surface area contributed by atoms with Gasteiger partial charge in [-0.05, 0) is 48.5 Å². The van der Waals surface area contributed by atoms with Gasteiger partial charge in [0.05, 0.1) is 32.1 Å². The molecule has 3 rings (SSSR count). The van der Waals surface area contributed by atoms with Crippen LogP contribution in [0, 0.1) is 0 Å². The topological polar surface area (TPSA) is 84.9 Å². The molecule has 34 heavy (non-hydrogen) atoms. The number of ether oxygens (including phenoxy) is 2. The normalized spacial score (nSPS) is 11.1. The minimum atomic E-state index is -3.64. The van der Waals surface area contributed by atoms with Gasteiger partial charge in [0.25, 0.3) is 5.91 Å². The van der Waals surface area contributed by atoms with E-state index in [-0.39, 0.29) is 25.6 Å². The SMILES string of the molecule is COc1cccc(OCCNC(=O)c2ccc(N(Cc3c(Cl)cccc3Cl)S(C)(=O)=O)cc2)c1. The largest absolute Gasteiger partial charge is 0.497 e. The predicted octanol–water partition coefficient (Wildman–Crippen LogP) is 4.78. The molecule has 1 N–H and O–H groups in total. The maximum Gasteiger partial charge on any atom is 0.251 e. The Morgan fingerprint density at radius 3 is 2.21 bits per heavy atom. The van der Waals surface area contributed by atoms with Gasteiger partial charge in [-0.15, -0.1) is 0 Å². The molecule has 10 heteroatoms. The van der Waals surface area contributed by atoms with Crippen molar-refractivity contribution >= 4 is 44.8 Å². The van der Waals surface area contributed by atoms with E-state index < -0.39 is 10.0 Å². The predicted molar refractivity (Wildman–Crippen MR) is 135 cm³/mol. The average Bonchev–Trinajstić information content (AvgIpc) is 2.81. The molecular weight excluding hydrogens is 499 g/mol. The summed E-state index contributed by atoms with van der Waals surface area (Å²) in [5.74, 6) is 1.01. The zero-order chi connectivity index (χ0) is 24.7. The number of anilines is 1. The Bertz CT molecular complexity index is 1230. The number of benzene rings is 3. The maximum atomic E-state index is 12.5. The van der Waals surface area contributed by atoms with E-state index in [0.717, 1.165) is 6.26 Å². The third-order valence-electron chi connectivity index (χ3n) is 4.88. The van der Waals surface area contributed by atoms with E-state index in [4.69, 9.17) is 32.7 Å². The number of carbonyl (C=O) groups is 1. The van der Waals surface area contributed by atoms with Crippen LogP contribution in [0.2, 0.25) is 10.0 Å². The number of nitrogens with zero attached hydrogens (tertiary/aromatic N) is 1. The van der Waals surface area contributed by atoms with Crippen LogP contribution in [0.5, 0.6) is 11.5 Å². The summed E-state index contributed by atoms with van der Waals surface area (Å²) < 4.78 is 36.8. The van der Waals surface area contributed by atoms with E-state index >= 15 is 0 Å². The van der Waals surface area contributed by atoms with E-state index in [9.17, 15) is 13.2 Å². The van der Waals surface area contributed by atoms with Gasteiger partial charge >= 0.3 is 0 Å². The van der Waals surface area contributed by atoms with Crippen molar-refractivity contribution in [3.63, 3.8) is 0 Å². The quantitative estimate of drug-likeness (QED) is 0.387. The summed E-state index contributed by atoms with van der Waals surface area (Å²) in [7, 11) is -2.07. The van der Waals surface area contributed by atoms with E-state index in [1.165, 1.54) is 4.31 Å². The minimum absolute atomic E-state index is 0.0372. The molecule has 0 radical (unpaired) electrons. The van der Waals surface area contributed by atoms with E-state index in [2.05, 4.69) is 5.32 Å². The Morgan fingerprint density at radius 2 is 1.59 bits per heavy atom. The van der Waals surface area contributed by atoms with Crippen LogP contribution in [0.3, 0.4) is 0 Å². The molecule has 0 saturated carbocycles. The van der Waals surface area contributed by atoms with Gasteiger partial charge in [-0.1, -0.05) is 35.3 Å². The van der Waals surface area contributed by atoms with Crippen molar-refractivity contribution in [1.82, 2.24) is 5.32 Å². The van der Waals surface area contributed by atoms with Crippen molar-refractivity contribution in [3.8, 4) is 11.5 Å². The molecule has 0 aromatic heterocycles. The number of amides is 1. The highest BCUT2D eigenvalue weighted by atomic mass is 35.5. The standard InChI is InChI=1S/C24H24Cl2N2O5S/c1-32-19-5-3-6-20(15-19)33-14-13-27-24(29)17-9-11-18(12-10-17)28(34(2,30)31)16-21-22(25)7-4-8-23(21)26/h3-12,15H,13-14,16H2,1-2H3,(H,27,29). The molecule has 0 saturated heterocycles. The van der Waals surface area contributed by atoms with Crippen LogP contribution in [0.1, 0.15) is 15.9 Å². The number of hydrogen-bond acceptors (Lipinski definition) is 5. The highest BCUT2D eigenvalue weighted by molar-refractivity contribution is 7.92. The van der Waals surface area contributed by atoms with E-state index in [1.807, 2.05) is 12.1 Å². The van der Waals surface area contributed by atoms with Gasteiger partial charge in [-0.3, -0.25) is 9.10 Å². The Hall–Kier alpha value is -2.94. The molecular formula is C24H24Cl2N2O5S. The van der Waals surface area contributed by atoms with Crippen molar-refractivity contribution in [3.05, 3.63) is 87.9 Å². The Kier molecular flexibility index (Phi) is 8.66. The molecule has 0 fully saturated rings. The molecule has 0 spiro atoms.